The molecule has 1 aliphatic heterocycles. The summed E-state index contributed by atoms with van der Waals surface area (Å²) < 4.78 is 13.1. The van der Waals surface area contributed by atoms with Crippen LogP contribution < -0.4 is 15.5 Å². The number of hydrogen-bond donors (Lipinski definition) is 2. The second kappa shape index (κ2) is 10.5. The standard InChI is InChI=1S/C24H33FN4O/c1-4-28(5-2)22-12-8-19(9-13-22)16-29-17-21(14-23(29)24(30)26-3)27-15-18-6-10-20(25)11-7-18/h6-13,21,23,27H,4-5,14-17H2,1-3H3,(H,26,30)/t21-,23-/m0/s1. The third-order valence-corrected chi connectivity index (χ3v) is 5.91. The van der Waals surface area contributed by atoms with Crippen molar-refractivity contribution < 1.29 is 9.18 Å². The fourth-order valence-electron chi connectivity index (χ4n) is 4.17. The number of nitrogens with one attached hydrogen (secondary N) is 2. The van der Waals surface area contributed by atoms with Gasteiger partial charge in [-0.3, -0.25) is 9.69 Å². The number of anilines is 1. The summed E-state index contributed by atoms with van der Waals surface area (Å²) in [4.78, 5) is 17.0. The molecule has 0 bridgehead atoms. The molecule has 1 saturated heterocycles. The van der Waals surface area contributed by atoms with E-state index in [1.54, 1.807) is 19.2 Å². The number of carbonyl (C=O) groups is 1. The van der Waals surface area contributed by atoms with Crippen LogP contribution in [0.5, 0.6) is 0 Å². The normalized spacial score (nSPS) is 19.1. The van der Waals surface area contributed by atoms with Crippen molar-refractivity contribution >= 4 is 11.6 Å². The van der Waals surface area contributed by atoms with E-state index in [-0.39, 0.29) is 23.8 Å². The van der Waals surface area contributed by atoms with E-state index < -0.39 is 0 Å². The van der Waals surface area contributed by atoms with Crippen molar-refractivity contribution in [2.24, 2.45) is 0 Å². The van der Waals surface area contributed by atoms with Gasteiger partial charge in [-0.15, -0.1) is 0 Å². The zero-order valence-corrected chi connectivity index (χ0v) is 18.2. The van der Waals surface area contributed by atoms with Crippen molar-refractivity contribution in [3.05, 3.63) is 65.5 Å². The number of hydrogen-bond acceptors (Lipinski definition) is 4. The molecule has 2 aromatic carbocycles. The van der Waals surface area contributed by atoms with Gasteiger partial charge in [0, 0.05) is 51.5 Å². The first-order valence-electron chi connectivity index (χ1n) is 10.8. The smallest absolute Gasteiger partial charge is 0.237 e. The molecule has 0 unspecified atom stereocenters. The molecule has 2 atom stereocenters. The highest BCUT2D eigenvalue weighted by Gasteiger charge is 2.36. The molecule has 1 heterocycles. The first-order valence-corrected chi connectivity index (χ1v) is 10.8. The fourth-order valence-corrected chi connectivity index (χ4v) is 4.17. The van der Waals surface area contributed by atoms with E-state index in [0.717, 1.165) is 38.2 Å². The lowest BCUT2D eigenvalue weighted by molar-refractivity contribution is -0.125. The Morgan fingerprint density at radius 2 is 1.70 bits per heavy atom. The highest BCUT2D eigenvalue weighted by atomic mass is 19.1. The Labute approximate surface area is 179 Å². The second-order valence-corrected chi connectivity index (χ2v) is 7.84. The Bertz CT molecular complexity index is 805. The molecule has 3 rings (SSSR count). The SMILES string of the molecule is CCN(CC)c1ccc(CN2C[C@@H](NCc3ccc(F)cc3)C[C@H]2C(=O)NC)cc1. The summed E-state index contributed by atoms with van der Waals surface area (Å²) >= 11 is 0. The summed E-state index contributed by atoms with van der Waals surface area (Å²) in [6.45, 7) is 8.51. The summed E-state index contributed by atoms with van der Waals surface area (Å²) in [6, 6.07) is 15.3. The van der Waals surface area contributed by atoms with E-state index in [9.17, 15) is 9.18 Å². The number of likely N-dealkylation sites (tertiary alicyclic amines) is 1. The highest BCUT2D eigenvalue weighted by Crippen LogP contribution is 2.23. The zero-order valence-electron chi connectivity index (χ0n) is 18.2. The number of rotatable bonds is 9. The molecule has 0 saturated carbocycles. The molecule has 0 radical (unpaired) electrons. The van der Waals surface area contributed by atoms with Crippen molar-refractivity contribution in [2.75, 3.05) is 31.6 Å². The van der Waals surface area contributed by atoms with Crippen molar-refractivity contribution in [3.8, 4) is 0 Å². The maximum absolute atomic E-state index is 13.1. The van der Waals surface area contributed by atoms with E-state index in [4.69, 9.17) is 0 Å². The first-order chi connectivity index (χ1) is 14.5. The molecule has 2 N–H and O–H groups in total. The van der Waals surface area contributed by atoms with Gasteiger partial charge >= 0.3 is 0 Å². The van der Waals surface area contributed by atoms with Crippen molar-refractivity contribution in [1.29, 1.82) is 0 Å². The molecule has 2 aromatic rings. The molecule has 1 amide bonds. The van der Waals surface area contributed by atoms with Gasteiger partial charge in [0.05, 0.1) is 6.04 Å². The van der Waals surface area contributed by atoms with E-state index in [1.165, 1.54) is 23.4 Å². The molecule has 0 aromatic heterocycles. The Kier molecular flexibility index (Phi) is 7.82. The van der Waals surface area contributed by atoms with Crippen LogP contribution in [0.1, 0.15) is 31.4 Å². The molecule has 0 spiro atoms. The van der Waals surface area contributed by atoms with Gasteiger partial charge in [-0.25, -0.2) is 4.39 Å². The molecule has 1 fully saturated rings. The molecule has 6 heteroatoms. The Morgan fingerprint density at radius 3 is 2.30 bits per heavy atom. The van der Waals surface area contributed by atoms with Crippen LogP contribution in [0.15, 0.2) is 48.5 Å². The third kappa shape index (κ3) is 5.58. The van der Waals surface area contributed by atoms with Crippen molar-refractivity contribution in [1.82, 2.24) is 15.5 Å². The lowest BCUT2D eigenvalue weighted by Gasteiger charge is -2.24. The van der Waals surface area contributed by atoms with Crippen LogP contribution in [0.2, 0.25) is 0 Å². The van der Waals surface area contributed by atoms with Gasteiger partial charge < -0.3 is 15.5 Å². The summed E-state index contributed by atoms with van der Waals surface area (Å²) in [5.41, 5.74) is 3.48. The molecule has 0 aliphatic carbocycles. The quantitative estimate of drug-likeness (QED) is 0.664. The maximum Gasteiger partial charge on any atom is 0.237 e. The third-order valence-electron chi connectivity index (χ3n) is 5.91. The van der Waals surface area contributed by atoms with Crippen LogP contribution in [-0.2, 0) is 17.9 Å². The number of amides is 1. The molecular formula is C24H33FN4O. The van der Waals surface area contributed by atoms with Gasteiger partial charge in [-0.1, -0.05) is 24.3 Å². The summed E-state index contributed by atoms with van der Waals surface area (Å²) in [5, 5.41) is 6.34. The zero-order chi connectivity index (χ0) is 21.5. The molecule has 5 nitrogen and oxygen atoms in total. The molecular weight excluding hydrogens is 379 g/mol. The Balaban J connectivity index is 1.63. The topological polar surface area (TPSA) is 47.6 Å². The summed E-state index contributed by atoms with van der Waals surface area (Å²) in [6.07, 6.45) is 0.762. The van der Waals surface area contributed by atoms with Crippen molar-refractivity contribution in [2.45, 2.75) is 45.4 Å². The van der Waals surface area contributed by atoms with Gasteiger partial charge in [-0.05, 0) is 55.7 Å². The summed E-state index contributed by atoms with van der Waals surface area (Å²) in [7, 11) is 1.69. The van der Waals surface area contributed by atoms with Gasteiger partial charge in [0.25, 0.3) is 0 Å². The Hall–Kier alpha value is -2.44. The number of carbonyl (C=O) groups excluding carboxylic acids is 1. The highest BCUT2D eigenvalue weighted by molar-refractivity contribution is 5.81. The number of halogens is 1. The maximum atomic E-state index is 13.1. The second-order valence-electron chi connectivity index (χ2n) is 7.84. The predicted molar refractivity (Wildman–Crippen MR) is 120 cm³/mol. The van der Waals surface area contributed by atoms with E-state index in [2.05, 4.69) is 58.5 Å². The van der Waals surface area contributed by atoms with Gasteiger partial charge in [0.15, 0.2) is 0 Å². The number of benzene rings is 2. The minimum Gasteiger partial charge on any atom is -0.372 e. The predicted octanol–water partition coefficient (Wildman–Crippen LogP) is 3.15. The number of likely N-dealkylation sites (N-methyl/N-ethyl adjacent to an activating group) is 1. The van der Waals surface area contributed by atoms with Gasteiger partial charge in [0.2, 0.25) is 5.91 Å². The average Bonchev–Trinajstić information content (AvgIpc) is 3.17. The molecule has 162 valence electrons. The monoisotopic (exact) mass is 412 g/mol. The van der Waals surface area contributed by atoms with Crippen LogP contribution >= 0.6 is 0 Å². The number of nitrogens with zero attached hydrogens (tertiary/aromatic N) is 2. The van der Waals surface area contributed by atoms with E-state index in [1.807, 2.05) is 0 Å². The summed E-state index contributed by atoms with van der Waals surface area (Å²) in [5.74, 6) is -0.168. The lowest BCUT2D eigenvalue weighted by atomic mass is 10.1. The Morgan fingerprint density at radius 1 is 1.07 bits per heavy atom. The van der Waals surface area contributed by atoms with Gasteiger partial charge in [0.1, 0.15) is 5.82 Å². The van der Waals surface area contributed by atoms with Crippen LogP contribution in [0.4, 0.5) is 10.1 Å². The minimum atomic E-state index is -0.225. The van der Waals surface area contributed by atoms with Crippen LogP contribution in [0, 0.1) is 5.82 Å². The average molecular weight is 413 g/mol. The van der Waals surface area contributed by atoms with E-state index in [0.29, 0.717) is 6.54 Å². The van der Waals surface area contributed by atoms with Crippen LogP contribution in [-0.4, -0.2) is 49.6 Å². The molecule has 30 heavy (non-hydrogen) atoms. The van der Waals surface area contributed by atoms with E-state index >= 15 is 0 Å². The minimum absolute atomic E-state index is 0.0563. The fraction of sp³-hybridized carbons (Fsp3) is 0.458. The van der Waals surface area contributed by atoms with Crippen LogP contribution in [0.3, 0.4) is 0 Å². The first kappa shape index (κ1) is 22.2. The largest absolute Gasteiger partial charge is 0.372 e. The molecule has 1 aliphatic rings. The van der Waals surface area contributed by atoms with Gasteiger partial charge in [-0.2, -0.15) is 0 Å². The lowest BCUT2D eigenvalue weighted by Crippen LogP contribution is -2.41. The van der Waals surface area contributed by atoms with Crippen LogP contribution in [0.25, 0.3) is 0 Å². The van der Waals surface area contributed by atoms with Crippen molar-refractivity contribution in [3.63, 3.8) is 0 Å².